The fourth-order valence-electron chi connectivity index (χ4n) is 3.34. The van der Waals surface area contributed by atoms with Crippen LogP contribution in [0.4, 0.5) is 0 Å². The Morgan fingerprint density at radius 3 is 2.63 bits per heavy atom. The quantitative estimate of drug-likeness (QED) is 0.893. The van der Waals surface area contributed by atoms with E-state index in [1.54, 1.807) is 10.9 Å². The molecule has 2 fully saturated rings. The van der Waals surface area contributed by atoms with Gasteiger partial charge in [-0.2, -0.15) is 5.10 Å². The van der Waals surface area contributed by atoms with Crippen LogP contribution in [0, 0.1) is 11.8 Å². The van der Waals surface area contributed by atoms with Gasteiger partial charge in [0, 0.05) is 7.05 Å². The minimum Gasteiger partial charge on any atom is -0.484 e. The molecule has 0 saturated heterocycles. The lowest BCUT2D eigenvalue weighted by Crippen LogP contribution is -2.32. The van der Waals surface area contributed by atoms with Gasteiger partial charge in [0.15, 0.2) is 5.75 Å². The third kappa shape index (κ3) is 3.30. The number of fused-ring (bicyclic) bond motifs is 1. The average molecular weight is 264 g/mol. The number of aliphatic hydroxyl groups excluding tert-OH is 1. The summed E-state index contributed by atoms with van der Waals surface area (Å²) in [5.41, 5.74) is 0. The molecule has 0 aliphatic heterocycles. The number of aryl methyl sites for hydroxylation is 1. The molecule has 1 aromatic heterocycles. The Morgan fingerprint density at radius 1 is 1.21 bits per heavy atom. The van der Waals surface area contributed by atoms with Crippen molar-refractivity contribution in [1.29, 1.82) is 0 Å². The van der Waals surface area contributed by atoms with Gasteiger partial charge in [0.2, 0.25) is 0 Å². The molecule has 4 nitrogen and oxygen atoms in total. The van der Waals surface area contributed by atoms with Gasteiger partial charge in [-0.3, -0.25) is 4.68 Å². The van der Waals surface area contributed by atoms with Crippen LogP contribution in [0.2, 0.25) is 0 Å². The highest BCUT2D eigenvalue weighted by Gasteiger charge is 2.37. The van der Waals surface area contributed by atoms with E-state index in [-0.39, 0.29) is 12.2 Å². The number of aliphatic hydroxyl groups is 1. The van der Waals surface area contributed by atoms with Gasteiger partial charge in [0.1, 0.15) is 6.10 Å². The van der Waals surface area contributed by atoms with Crippen molar-refractivity contribution in [1.82, 2.24) is 9.78 Å². The Morgan fingerprint density at radius 2 is 1.95 bits per heavy atom. The molecule has 4 atom stereocenters. The second-order valence-corrected chi connectivity index (χ2v) is 6.19. The fourth-order valence-corrected chi connectivity index (χ4v) is 3.34. The molecule has 0 bridgehead atoms. The lowest BCUT2D eigenvalue weighted by atomic mass is 9.97. The molecule has 3 rings (SSSR count). The fraction of sp³-hybridized carbons (Fsp3) is 0.800. The van der Waals surface area contributed by atoms with Gasteiger partial charge >= 0.3 is 0 Å². The molecule has 19 heavy (non-hydrogen) atoms. The average Bonchev–Trinajstić information content (AvgIpc) is 3.00. The Balaban J connectivity index is 1.59. The molecular formula is C15H24N2O2. The maximum absolute atomic E-state index is 10.3. The first-order chi connectivity index (χ1) is 9.22. The molecular weight excluding hydrogens is 240 g/mol. The SMILES string of the molecule is Cn1cc(O[C@@H]2CCCC3CC3CCC[C@H]2O)cn1. The van der Waals surface area contributed by atoms with Crippen LogP contribution in [-0.2, 0) is 7.05 Å². The number of rotatable bonds is 2. The minimum absolute atomic E-state index is 0.0699. The molecule has 106 valence electrons. The first-order valence-electron chi connectivity index (χ1n) is 7.56. The first kappa shape index (κ1) is 13.0. The molecule has 4 heteroatoms. The highest BCUT2D eigenvalue weighted by molar-refractivity contribution is 5.12. The minimum atomic E-state index is -0.337. The van der Waals surface area contributed by atoms with E-state index in [0.29, 0.717) is 0 Å². The van der Waals surface area contributed by atoms with Crippen molar-refractivity contribution in [3.63, 3.8) is 0 Å². The molecule has 2 aliphatic rings. The van der Waals surface area contributed by atoms with Gasteiger partial charge < -0.3 is 9.84 Å². The van der Waals surface area contributed by atoms with E-state index in [9.17, 15) is 5.11 Å². The van der Waals surface area contributed by atoms with E-state index < -0.39 is 0 Å². The standard InChI is InChI=1S/C15H24N2O2/c1-17-10-13(9-16-17)19-15-7-3-5-12-8-11(12)4-2-6-14(15)18/h9-12,14-15,18H,2-8H2,1H3/t11?,12?,14-,15-/m1/s1. The zero-order chi connectivity index (χ0) is 13.2. The molecule has 2 saturated carbocycles. The molecule has 1 aromatic rings. The molecule has 0 radical (unpaired) electrons. The Kier molecular flexibility index (Phi) is 3.78. The molecule has 0 spiro atoms. The van der Waals surface area contributed by atoms with E-state index in [0.717, 1.165) is 36.8 Å². The predicted octanol–water partition coefficient (Wildman–Crippen LogP) is 2.52. The first-order valence-corrected chi connectivity index (χ1v) is 7.56. The highest BCUT2D eigenvalue weighted by atomic mass is 16.5. The van der Waals surface area contributed by atoms with E-state index in [1.807, 2.05) is 13.2 Å². The van der Waals surface area contributed by atoms with Crippen molar-refractivity contribution in [2.24, 2.45) is 18.9 Å². The maximum Gasteiger partial charge on any atom is 0.157 e. The lowest BCUT2D eigenvalue weighted by molar-refractivity contribution is 0.0216. The molecule has 2 aliphatic carbocycles. The number of hydrogen-bond donors (Lipinski definition) is 1. The van der Waals surface area contributed by atoms with Crippen molar-refractivity contribution in [3.8, 4) is 5.75 Å². The highest BCUT2D eigenvalue weighted by Crippen LogP contribution is 2.46. The number of hydrogen-bond acceptors (Lipinski definition) is 3. The molecule has 1 heterocycles. The van der Waals surface area contributed by atoms with Gasteiger partial charge in [-0.1, -0.05) is 19.3 Å². The zero-order valence-electron chi connectivity index (χ0n) is 11.7. The van der Waals surface area contributed by atoms with Gasteiger partial charge in [-0.05, 0) is 37.5 Å². The topological polar surface area (TPSA) is 47.3 Å². The number of ether oxygens (including phenoxy) is 1. The monoisotopic (exact) mass is 264 g/mol. The smallest absolute Gasteiger partial charge is 0.157 e. The van der Waals surface area contributed by atoms with Crippen molar-refractivity contribution >= 4 is 0 Å². The van der Waals surface area contributed by atoms with Crippen LogP contribution in [0.1, 0.15) is 44.9 Å². The molecule has 2 unspecified atom stereocenters. The van der Waals surface area contributed by atoms with E-state index in [2.05, 4.69) is 5.10 Å². The Bertz CT molecular complexity index is 418. The normalized spacial score (nSPS) is 35.5. The zero-order valence-corrected chi connectivity index (χ0v) is 11.7. The van der Waals surface area contributed by atoms with Crippen molar-refractivity contribution in [2.75, 3.05) is 0 Å². The molecule has 1 N–H and O–H groups in total. The summed E-state index contributed by atoms with van der Waals surface area (Å²) in [6, 6.07) is 0. The van der Waals surface area contributed by atoms with Gasteiger partial charge in [-0.25, -0.2) is 0 Å². The summed E-state index contributed by atoms with van der Waals surface area (Å²) in [6.07, 6.45) is 11.3. The van der Waals surface area contributed by atoms with Crippen LogP contribution in [-0.4, -0.2) is 27.1 Å². The van der Waals surface area contributed by atoms with Crippen LogP contribution >= 0.6 is 0 Å². The van der Waals surface area contributed by atoms with Gasteiger partial charge in [0.25, 0.3) is 0 Å². The van der Waals surface area contributed by atoms with E-state index >= 15 is 0 Å². The van der Waals surface area contributed by atoms with Crippen molar-refractivity contribution in [3.05, 3.63) is 12.4 Å². The summed E-state index contributed by atoms with van der Waals surface area (Å²) in [5, 5.41) is 14.4. The second kappa shape index (κ2) is 5.53. The summed E-state index contributed by atoms with van der Waals surface area (Å²) in [7, 11) is 1.88. The number of nitrogens with zero attached hydrogens (tertiary/aromatic N) is 2. The third-order valence-corrected chi connectivity index (χ3v) is 4.61. The van der Waals surface area contributed by atoms with Gasteiger partial charge in [0.05, 0.1) is 18.5 Å². The van der Waals surface area contributed by atoms with Crippen LogP contribution in [0.15, 0.2) is 12.4 Å². The Labute approximate surface area is 114 Å². The number of aromatic nitrogens is 2. The summed E-state index contributed by atoms with van der Waals surface area (Å²) in [6.45, 7) is 0. The lowest BCUT2D eigenvalue weighted by Gasteiger charge is -2.24. The summed E-state index contributed by atoms with van der Waals surface area (Å²) >= 11 is 0. The third-order valence-electron chi connectivity index (χ3n) is 4.61. The van der Waals surface area contributed by atoms with Crippen LogP contribution in [0.3, 0.4) is 0 Å². The van der Waals surface area contributed by atoms with Crippen molar-refractivity contribution < 1.29 is 9.84 Å². The Hall–Kier alpha value is -1.03. The van der Waals surface area contributed by atoms with Crippen LogP contribution in [0.5, 0.6) is 5.75 Å². The molecule has 0 aromatic carbocycles. The largest absolute Gasteiger partial charge is 0.484 e. The van der Waals surface area contributed by atoms with Crippen molar-refractivity contribution in [2.45, 2.75) is 57.2 Å². The summed E-state index contributed by atoms with van der Waals surface area (Å²) in [4.78, 5) is 0. The second-order valence-electron chi connectivity index (χ2n) is 6.19. The maximum atomic E-state index is 10.3. The van der Waals surface area contributed by atoms with E-state index in [4.69, 9.17) is 4.74 Å². The summed E-state index contributed by atoms with van der Waals surface area (Å²) in [5.74, 6) is 2.70. The molecule has 0 amide bonds. The predicted molar refractivity (Wildman–Crippen MR) is 72.9 cm³/mol. The van der Waals surface area contributed by atoms with Crippen LogP contribution in [0.25, 0.3) is 0 Å². The van der Waals surface area contributed by atoms with E-state index in [1.165, 1.54) is 25.7 Å². The summed E-state index contributed by atoms with van der Waals surface area (Å²) < 4.78 is 7.67. The van der Waals surface area contributed by atoms with Gasteiger partial charge in [-0.15, -0.1) is 0 Å². The van der Waals surface area contributed by atoms with Crippen LogP contribution < -0.4 is 4.74 Å².